The van der Waals surface area contributed by atoms with Crippen molar-refractivity contribution in [3.63, 3.8) is 0 Å². The third kappa shape index (κ3) is 18.3. The van der Waals surface area contributed by atoms with E-state index in [-0.39, 0.29) is 5.54 Å². The van der Waals surface area contributed by atoms with E-state index < -0.39 is 0 Å². The van der Waals surface area contributed by atoms with Crippen molar-refractivity contribution in [2.45, 2.75) is 69.9 Å². The molecule has 0 radical (unpaired) electrons. The van der Waals surface area contributed by atoms with Gasteiger partial charge in [0.2, 0.25) is 0 Å². The molecule has 4 aromatic carbocycles. The van der Waals surface area contributed by atoms with E-state index in [9.17, 15) is 0 Å². The number of hydrogen-bond donors (Lipinski definition) is 4. The molecule has 4 aromatic rings. The van der Waals surface area contributed by atoms with Crippen molar-refractivity contribution >= 4 is 17.1 Å². The van der Waals surface area contributed by atoms with E-state index in [1.54, 1.807) is 0 Å². The van der Waals surface area contributed by atoms with Gasteiger partial charge in [-0.3, -0.25) is 0 Å². The molecule has 0 heterocycles. The van der Waals surface area contributed by atoms with Gasteiger partial charge in [-0.2, -0.15) is 0 Å². The van der Waals surface area contributed by atoms with E-state index in [4.69, 9.17) is 14.2 Å². The van der Waals surface area contributed by atoms with Crippen molar-refractivity contribution in [1.29, 1.82) is 0 Å². The van der Waals surface area contributed by atoms with E-state index in [0.717, 1.165) is 141 Å². The number of benzene rings is 4. The molecule has 4 rings (SSSR count). The Kier molecular flexibility index (Phi) is 20.3. The first-order chi connectivity index (χ1) is 25.3. The molecule has 7 nitrogen and oxygen atoms in total. The Labute approximate surface area is 307 Å². The summed E-state index contributed by atoms with van der Waals surface area (Å²) < 4.78 is 18.4. The SMILES string of the molecule is c1ccc(CNC(CCCOCCCNc2ccccc2)(CCCOCCCNc2ccccc2)CCCOCCCNc2ccccc2)cc1. The summed E-state index contributed by atoms with van der Waals surface area (Å²) in [5, 5.41) is 14.5. The van der Waals surface area contributed by atoms with Gasteiger partial charge < -0.3 is 35.5 Å². The molecule has 276 valence electrons. The molecule has 0 unspecified atom stereocenters. The predicted molar refractivity (Wildman–Crippen MR) is 215 cm³/mol. The molecule has 0 bridgehead atoms. The van der Waals surface area contributed by atoms with Crippen molar-refractivity contribution in [2.75, 3.05) is 75.2 Å². The number of ether oxygens (including phenoxy) is 3. The molecule has 51 heavy (non-hydrogen) atoms. The van der Waals surface area contributed by atoms with E-state index in [1.165, 1.54) is 5.56 Å². The summed E-state index contributed by atoms with van der Waals surface area (Å²) >= 11 is 0. The third-order valence-corrected chi connectivity index (χ3v) is 9.05. The smallest absolute Gasteiger partial charge is 0.0482 e. The van der Waals surface area contributed by atoms with Crippen LogP contribution in [0.2, 0.25) is 0 Å². The second-order valence-corrected chi connectivity index (χ2v) is 13.2. The molecule has 7 heteroatoms. The maximum Gasteiger partial charge on any atom is 0.0482 e. The number of nitrogens with one attached hydrogen (secondary N) is 4. The summed E-state index contributed by atoms with van der Waals surface area (Å²) in [4.78, 5) is 0. The van der Waals surface area contributed by atoms with Crippen LogP contribution in [-0.2, 0) is 20.8 Å². The first kappa shape index (κ1) is 39.9. The highest BCUT2D eigenvalue weighted by molar-refractivity contribution is 5.43. The van der Waals surface area contributed by atoms with Crippen molar-refractivity contribution in [3.05, 3.63) is 127 Å². The quantitative estimate of drug-likeness (QED) is 0.0406. The van der Waals surface area contributed by atoms with Crippen molar-refractivity contribution in [2.24, 2.45) is 0 Å². The molecule has 0 aliphatic heterocycles. The van der Waals surface area contributed by atoms with E-state index in [0.29, 0.717) is 0 Å². The first-order valence-corrected chi connectivity index (χ1v) is 19.2. The number of anilines is 3. The molecule has 0 aromatic heterocycles. The first-order valence-electron chi connectivity index (χ1n) is 19.2. The zero-order valence-electron chi connectivity index (χ0n) is 30.7. The summed E-state index contributed by atoms with van der Waals surface area (Å²) in [5.41, 5.74) is 4.78. The van der Waals surface area contributed by atoms with Gasteiger partial charge in [0.05, 0.1) is 0 Å². The van der Waals surface area contributed by atoms with Crippen molar-refractivity contribution < 1.29 is 14.2 Å². The maximum absolute atomic E-state index is 6.13. The lowest BCUT2D eigenvalue weighted by Gasteiger charge is -2.36. The van der Waals surface area contributed by atoms with Gasteiger partial charge in [0.15, 0.2) is 0 Å². The van der Waals surface area contributed by atoms with Crippen LogP contribution in [0.1, 0.15) is 63.4 Å². The minimum Gasteiger partial charge on any atom is -0.385 e. The molecule has 0 fully saturated rings. The fourth-order valence-electron chi connectivity index (χ4n) is 6.26. The second kappa shape index (κ2) is 26.0. The van der Waals surface area contributed by atoms with Crippen LogP contribution in [0.15, 0.2) is 121 Å². The molecule has 0 aliphatic rings. The Morgan fingerprint density at radius 1 is 0.373 bits per heavy atom. The van der Waals surface area contributed by atoms with Gasteiger partial charge in [0.1, 0.15) is 0 Å². The summed E-state index contributed by atoms with van der Waals surface area (Å²) in [6.07, 6.45) is 9.20. The molecule has 0 atom stereocenters. The number of hydrogen-bond acceptors (Lipinski definition) is 7. The highest BCUT2D eigenvalue weighted by atomic mass is 16.5. The Balaban J connectivity index is 1.22. The van der Waals surface area contributed by atoms with E-state index >= 15 is 0 Å². The number of para-hydroxylation sites is 3. The summed E-state index contributed by atoms with van der Waals surface area (Å²) in [6.45, 7) is 8.22. The van der Waals surface area contributed by atoms with Crippen LogP contribution < -0.4 is 21.3 Å². The van der Waals surface area contributed by atoms with Crippen LogP contribution in [0.25, 0.3) is 0 Å². The largest absolute Gasteiger partial charge is 0.385 e. The van der Waals surface area contributed by atoms with Gasteiger partial charge in [0.25, 0.3) is 0 Å². The van der Waals surface area contributed by atoms with Crippen LogP contribution in [0.4, 0.5) is 17.1 Å². The molecule has 0 spiro atoms. The molecular formula is C44H62N4O3. The van der Waals surface area contributed by atoms with Gasteiger partial charge in [-0.25, -0.2) is 0 Å². The summed E-state index contributed by atoms with van der Waals surface area (Å²) in [7, 11) is 0. The monoisotopic (exact) mass is 694 g/mol. The standard InChI is InChI=1S/C44H62N4O3/c1-5-19-40(20-6-1)39-48-44(27-13-33-49-36-16-30-45-41-21-7-2-8-22-41,28-14-34-50-37-17-31-46-42-23-9-3-10-24-42)29-15-35-51-38-18-32-47-43-25-11-4-12-26-43/h1-12,19-26,45-48H,13-18,27-39H2. The molecule has 4 N–H and O–H groups in total. The summed E-state index contributed by atoms with van der Waals surface area (Å²) in [6, 6.07) is 41.9. The fourth-order valence-corrected chi connectivity index (χ4v) is 6.26. The minimum atomic E-state index is -0.00941. The minimum absolute atomic E-state index is 0.00941. The third-order valence-electron chi connectivity index (χ3n) is 9.05. The van der Waals surface area contributed by atoms with Crippen LogP contribution in [0.3, 0.4) is 0 Å². The highest BCUT2D eigenvalue weighted by Gasteiger charge is 2.28. The van der Waals surface area contributed by atoms with Gasteiger partial charge in [-0.15, -0.1) is 0 Å². The van der Waals surface area contributed by atoms with Crippen LogP contribution in [0.5, 0.6) is 0 Å². The lowest BCUT2D eigenvalue weighted by atomic mass is 9.83. The van der Waals surface area contributed by atoms with Crippen molar-refractivity contribution in [3.8, 4) is 0 Å². The maximum atomic E-state index is 6.13. The Morgan fingerprint density at radius 2 is 0.686 bits per heavy atom. The number of rotatable bonds is 30. The molecular weight excluding hydrogens is 633 g/mol. The second-order valence-electron chi connectivity index (χ2n) is 13.2. The lowest BCUT2D eigenvalue weighted by molar-refractivity contribution is 0.0948. The van der Waals surface area contributed by atoms with Crippen LogP contribution in [0, 0.1) is 0 Å². The Bertz CT molecular complexity index is 1230. The Hall–Kier alpha value is -3.88. The van der Waals surface area contributed by atoms with E-state index in [2.05, 4.69) is 124 Å². The lowest BCUT2D eigenvalue weighted by Crippen LogP contribution is -2.45. The average molecular weight is 695 g/mol. The zero-order valence-corrected chi connectivity index (χ0v) is 30.7. The van der Waals surface area contributed by atoms with Crippen LogP contribution >= 0.6 is 0 Å². The van der Waals surface area contributed by atoms with Gasteiger partial charge in [-0.1, -0.05) is 84.9 Å². The summed E-state index contributed by atoms with van der Waals surface area (Å²) in [5.74, 6) is 0. The predicted octanol–water partition coefficient (Wildman–Crippen LogP) is 9.41. The van der Waals surface area contributed by atoms with Gasteiger partial charge >= 0.3 is 0 Å². The molecule has 0 saturated carbocycles. The van der Waals surface area contributed by atoms with Crippen molar-refractivity contribution in [1.82, 2.24) is 5.32 Å². The van der Waals surface area contributed by atoms with E-state index in [1.807, 2.05) is 18.2 Å². The van der Waals surface area contributed by atoms with Gasteiger partial charge in [0, 0.05) is 88.4 Å². The molecule has 0 amide bonds. The topological polar surface area (TPSA) is 75.8 Å². The molecule has 0 aliphatic carbocycles. The van der Waals surface area contributed by atoms with Crippen LogP contribution in [-0.4, -0.2) is 64.8 Å². The highest BCUT2D eigenvalue weighted by Crippen LogP contribution is 2.27. The zero-order chi connectivity index (χ0) is 35.3. The average Bonchev–Trinajstić information content (AvgIpc) is 3.18. The normalized spacial score (nSPS) is 11.4. The van der Waals surface area contributed by atoms with Gasteiger partial charge in [-0.05, 0) is 99.7 Å². The fraction of sp³-hybridized carbons (Fsp3) is 0.455. The Morgan fingerprint density at radius 3 is 1.04 bits per heavy atom. The molecule has 0 saturated heterocycles.